The van der Waals surface area contributed by atoms with Crippen molar-refractivity contribution in [2.75, 3.05) is 12.4 Å². The lowest BCUT2D eigenvalue weighted by molar-refractivity contribution is 0.206. The van der Waals surface area contributed by atoms with Crippen molar-refractivity contribution in [3.8, 4) is 11.5 Å². The summed E-state index contributed by atoms with van der Waals surface area (Å²) in [7, 11) is 1.59. The molecule has 2 amide bonds. The van der Waals surface area contributed by atoms with Gasteiger partial charge in [-0.05, 0) is 47.0 Å². The molecule has 178 valence electrons. The van der Waals surface area contributed by atoms with Crippen LogP contribution in [0, 0.1) is 5.82 Å². The minimum absolute atomic E-state index is 0.325. The van der Waals surface area contributed by atoms with E-state index in [1.807, 2.05) is 78.9 Å². The normalized spacial score (nSPS) is 10.5. The van der Waals surface area contributed by atoms with Gasteiger partial charge in [-0.1, -0.05) is 72.8 Å². The van der Waals surface area contributed by atoms with Gasteiger partial charge in [-0.15, -0.1) is 0 Å². The number of carbonyl (C=O) groups is 1. The monoisotopic (exact) mass is 470 g/mol. The molecule has 0 aliphatic carbocycles. The highest BCUT2D eigenvalue weighted by Gasteiger charge is 2.17. The van der Waals surface area contributed by atoms with Crippen LogP contribution >= 0.6 is 0 Å². The molecule has 0 saturated carbocycles. The molecule has 0 bridgehead atoms. The number of methoxy groups -OCH3 is 1. The number of halogens is 1. The molecule has 0 unspecified atom stereocenters. The molecular formula is C29H27FN2O3. The Labute approximate surface area is 204 Å². The number of anilines is 1. The van der Waals surface area contributed by atoms with Gasteiger partial charge in [0.25, 0.3) is 0 Å². The van der Waals surface area contributed by atoms with E-state index < -0.39 is 5.82 Å². The van der Waals surface area contributed by atoms with Gasteiger partial charge >= 0.3 is 6.03 Å². The predicted octanol–water partition coefficient (Wildman–Crippen LogP) is 6.65. The summed E-state index contributed by atoms with van der Waals surface area (Å²) in [6.45, 7) is 1.13. The molecule has 4 aromatic rings. The van der Waals surface area contributed by atoms with E-state index in [1.165, 1.54) is 12.1 Å². The average Bonchev–Trinajstić information content (AvgIpc) is 2.88. The van der Waals surface area contributed by atoms with Gasteiger partial charge in [0.2, 0.25) is 0 Å². The molecule has 4 aromatic carbocycles. The van der Waals surface area contributed by atoms with E-state index in [4.69, 9.17) is 9.47 Å². The quantitative estimate of drug-likeness (QED) is 0.298. The van der Waals surface area contributed by atoms with Crippen LogP contribution in [-0.4, -0.2) is 18.0 Å². The van der Waals surface area contributed by atoms with Crippen molar-refractivity contribution in [2.45, 2.75) is 19.7 Å². The minimum atomic E-state index is -0.409. The molecule has 0 aliphatic heterocycles. The Kier molecular flexibility index (Phi) is 7.96. The second-order valence-corrected chi connectivity index (χ2v) is 8.04. The van der Waals surface area contributed by atoms with Gasteiger partial charge in [0.15, 0.2) is 11.5 Å². The first kappa shape index (κ1) is 23.8. The zero-order chi connectivity index (χ0) is 24.5. The van der Waals surface area contributed by atoms with Crippen LogP contribution in [0.4, 0.5) is 14.9 Å². The number of urea groups is 1. The van der Waals surface area contributed by atoms with Crippen LogP contribution in [0.5, 0.6) is 11.5 Å². The van der Waals surface area contributed by atoms with E-state index in [9.17, 15) is 9.18 Å². The van der Waals surface area contributed by atoms with Crippen LogP contribution in [0.1, 0.15) is 16.7 Å². The Hall–Kier alpha value is -4.32. The SMILES string of the molecule is COc1cc(CN(Cc2ccccc2)C(=O)Nc2cccc(F)c2)ccc1OCc1ccccc1. The maximum absolute atomic E-state index is 13.6. The van der Waals surface area contributed by atoms with Gasteiger partial charge in [-0.25, -0.2) is 9.18 Å². The fraction of sp³-hybridized carbons (Fsp3) is 0.138. The molecule has 6 heteroatoms. The molecule has 0 spiro atoms. The topological polar surface area (TPSA) is 50.8 Å². The molecule has 0 saturated heterocycles. The number of benzene rings is 4. The smallest absolute Gasteiger partial charge is 0.322 e. The lowest BCUT2D eigenvalue weighted by atomic mass is 10.1. The molecule has 35 heavy (non-hydrogen) atoms. The van der Waals surface area contributed by atoms with Crippen LogP contribution < -0.4 is 14.8 Å². The van der Waals surface area contributed by atoms with E-state index in [-0.39, 0.29) is 6.03 Å². The first-order chi connectivity index (χ1) is 17.1. The van der Waals surface area contributed by atoms with E-state index in [0.29, 0.717) is 36.9 Å². The summed E-state index contributed by atoms with van der Waals surface area (Å²) < 4.78 is 25.1. The number of carbonyl (C=O) groups excluding carboxylic acids is 1. The Bertz CT molecular complexity index is 1250. The van der Waals surface area contributed by atoms with Crippen LogP contribution in [0.25, 0.3) is 0 Å². The second-order valence-electron chi connectivity index (χ2n) is 8.04. The minimum Gasteiger partial charge on any atom is -0.493 e. The van der Waals surface area contributed by atoms with Crippen molar-refractivity contribution in [1.29, 1.82) is 0 Å². The molecule has 0 heterocycles. The van der Waals surface area contributed by atoms with Crippen molar-refractivity contribution in [3.05, 3.63) is 126 Å². The van der Waals surface area contributed by atoms with Crippen molar-refractivity contribution < 1.29 is 18.7 Å². The van der Waals surface area contributed by atoms with Crippen LogP contribution in [0.3, 0.4) is 0 Å². The zero-order valence-corrected chi connectivity index (χ0v) is 19.5. The number of ether oxygens (including phenoxy) is 2. The number of hydrogen-bond donors (Lipinski definition) is 1. The first-order valence-corrected chi connectivity index (χ1v) is 11.3. The van der Waals surface area contributed by atoms with Crippen LogP contribution in [0.15, 0.2) is 103 Å². The summed E-state index contributed by atoms with van der Waals surface area (Å²) in [6, 6.07) is 30.8. The van der Waals surface area contributed by atoms with Crippen LogP contribution in [-0.2, 0) is 19.7 Å². The van der Waals surface area contributed by atoms with Crippen LogP contribution in [0.2, 0.25) is 0 Å². The van der Waals surface area contributed by atoms with Crippen molar-refractivity contribution in [2.24, 2.45) is 0 Å². The summed E-state index contributed by atoms with van der Waals surface area (Å²) >= 11 is 0. The summed E-state index contributed by atoms with van der Waals surface area (Å²) in [5.74, 6) is 0.802. The van der Waals surface area contributed by atoms with E-state index in [0.717, 1.165) is 16.7 Å². The molecule has 4 rings (SSSR count). The number of amides is 2. The maximum Gasteiger partial charge on any atom is 0.322 e. The fourth-order valence-electron chi connectivity index (χ4n) is 3.66. The van der Waals surface area contributed by atoms with Crippen molar-refractivity contribution >= 4 is 11.7 Å². The standard InChI is InChI=1S/C29H27FN2O3/c1-34-28-17-24(15-16-27(28)35-21-23-11-6-3-7-12-23)20-32(19-22-9-4-2-5-10-22)29(33)31-26-14-8-13-25(30)18-26/h2-18H,19-21H2,1H3,(H,31,33). The molecule has 5 nitrogen and oxygen atoms in total. The van der Waals surface area contributed by atoms with E-state index in [2.05, 4.69) is 5.32 Å². The van der Waals surface area contributed by atoms with Gasteiger partial charge in [0.05, 0.1) is 7.11 Å². The highest BCUT2D eigenvalue weighted by atomic mass is 19.1. The van der Waals surface area contributed by atoms with E-state index in [1.54, 1.807) is 24.1 Å². The van der Waals surface area contributed by atoms with Crippen molar-refractivity contribution in [3.63, 3.8) is 0 Å². The maximum atomic E-state index is 13.6. The van der Waals surface area contributed by atoms with Crippen molar-refractivity contribution in [1.82, 2.24) is 4.90 Å². The van der Waals surface area contributed by atoms with Gasteiger partial charge in [-0.3, -0.25) is 0 Å². The molecule has 0 radical (unpaired) electrons. The third kappa shape index (κ3) is 6.84. The molecule has 0 atom stereocenters. The number of hydrogen-bond acceptors (Lipinski definition) is 3. The zero-order valence-electron chi connectivity index (χ0n) is 19.5. The highest BCUT2D eigenvalue weighted by molar-refractivity contribution is 5.89. The number of nitrogens with one attached hydrogen (secondary N) is 1. The lowest BCUT2D eigenvalue weighted by Gasteiger charge is -2.24. The molecular weight excluding hydrogens is 443 g/mol. The summed E-state index contributed by atoms with van der Waals surface area (Å²) in [5.41, 5.74) is 3.31. The molecule has 0 aromatic heterocycles. The van der Waals surface area contributed by atoms with Gasteiger partial charge in [-0.2, -0.15) is 0 Å². The van der Waals surface area contributed by atoms with Gasteiger partial charge in [0, 0.05) is 18.8 Å². The summed E-state index contributed by atoms with van der Waals surface area (Å²) in [4.78, 5) is 14.8. The number of rotatable bonds is 9. The Morgan fingerprint density at radius 1 is 0.771 bits per heavy atom. The molecule has 0 fully saturated rings. The van der Waals surface area contributed by atoms with E-state index >= 15 is 0 Å². The van der Waals surface area contributed by atoms with Gasteiger partial charge < -0.3 is 19.7 Å². The fourth-order valence-corrected chi connectivity index (χ4v) is 3.66. The lowest BCUT2D eigenvalue weighted by Crippen LogP contribution is -2.34. The average molecular weight is 471 g/mol. The highest BCUT2D eigenvalue weighted by Crippen LogP contribution is 2.29. The Balaban J connectivity index is 1.51. The second kappa shape index (κ2) is 11.7. The molecule has 0 aliphatic rings. The molecule has 1 N–H and O–H groups in total. The first-order valence-electron chi connectivity index (χ1n) is 11.3. The number of nitrogens with zero attached hydrogens (tertiary/aromatic N) is 1. The summed E-state index contributed by atoms with van der Waals surface area (Å²) in [5, 5.41) is 2.79. The Morgan fingerprint density at radius 2 is 1.46 bits per heavy atom. The predicted molar refractivity (Wildman–Crippen MR) is 135 cm³/mol. The third-order valence-electron chi connectivity index (χ3n) is 5.42. The van der Waals surface area contributed by atoms with Gasteiger partial charge in [0.1, 0.15) is 12.4 Å². The third-order valence-corrected chi connectivity index (χ3v) is 5.42. The summed E-state index contributed by atoms with van der Waals surface area (Å²) in [6.07, 6.45) is 0. The Morgan fingerprint density at radius 3 is 2.14 bits per heavy atom. The largest absolute Gasteiger partial charge is 0.493 e.